The van der Waals surface area contributed by atoms with Gasteiger partial charge in [-0.1, -0.05) is 6.07 Å². The van der Waals surface area contributed by atoms with Crippen molar-refractivity contribution in [3.05, 3.63) is 29.8 Å². The van der Waals surface area contributed by atoms with Gasteiger partial charge in [-0.15, -0.1) is 0 Å². The first-order valence-corrected chi connectivity index (χ1v) is 6.83. The van der Waals surface area contributed by atoms with E-state index in [-0.39, 0.29) is 11.9 Å². The van der Waals surface area contributed by atoms with Gasteiger partial charge in [-0.2, -0.15) is 5.26 Å². The van der Waals surface area contributed by atoms with Gasteiger partial charge in [0, 0.05) is 13.6 Å². The molecule has 0 bridgehead atoms. The summed E-state index contributed by atoms with van der Waals surface area (Å²) in [4.78, 5) is 13.9. The number of amides is 1. The van der Waals surface area contributed by atoms with Gasteiger partial charge in [0.15, 0.2) is 0 Å². The standard InChI is InChI=1S/C15H19N3O2/c1-17-15(19)14-6-3-7-18(14)8-9-20-13-5-2-4-12(10-13)11-16/h2,4-5,10,14H,3,6-9H2,1H3,(H,17,19). The lowest BCUT2D eigenvalue weighted by Crippen LogP contribution is -2.43. The molecule has 0 spiro atoms. The van der Waals surface area contributed by atoms with Gasteiger partial charge in [0.05, 0.1) is 17.7 Å². The van der Waals surface area contributed by atoms with E-state index in [1.54, 1.807) is 25.2 Å². The smallest absolute Gasteiger partial charge is 0.237 e. The first-order chi connectivity index (χ1) is 9.74. The van der Waals surface area contributed by atoms with Crippen LogP contribution in [0.25, 0.3) is 0 Å². The molecular weight excluding hydrogens is 254 g/mol. The predicted octanol–water partition coefficient (Wildman–Crippen LogP) is 1.15. The van der Waals surface area contributed by atoms with Crippen LogP contribution in [0, 0.1) is 11.3 Å². The Morgan fingerprint density at radius 3 is 3.20 bits per heavy atom. The summed E-state index contributed by atoms with van der Waals surface area (Å²) < 4.78 is 5.65. The van der Waals surface area contributed by atoms with E-state index >= 15 is 0 Å². The Bertz CT molecular complexity index is 510. The average Bonchev–Trinajstić information content (AvgIpc) is 2.95. The number of likely N-dealkylation sites (N-methyl/N-ethyl adjacent to an activating group) is 1. The highest BCUT2D eigenvalue weighted by atomic mass is 16.5. The molecule has 1 aliphatic heterocycles. The van der Waals surface area contributed by atoms with Crippen molar-refractivity contribution in [3.8, 4) is 11.8 Å². The van der Waals surface area contributed by atoms with Crippen LogP contribution in [0.4, 0.5) is 0 Å². The molecule has 1 unspecified atom stereocenters. The van der Waals surface area contributed by atoms with Crippen LogP contribution < -0.4 is 10.1 Å². The fourth-order valence-electron chi connectivity index (χ4n) is 2.49. The van der Waals surface area contributed by atoms with E-state index in [1.165, 1.54) is 0 Å². The third-order valence-electron chi connectivity index (χ3n) is 3.52. The molecule has 0 aliphatic carbocycles. The summed E-state index contributed by atoms with van der Waals surface area (Å²) in [5, 5.41) is 11.5. The highest BCUT2D eigenvalue weighted by Crippen LogP contribution is 2.17. The maximum Gasteiger partial charge on any atom is 0.237 e. The molecule has 1 aliphatic rings. The second kappa shape index (κ2) is 6.92. The molecular formula is C15H19N3O2. The zero-order valence-electron chi connectivity index (χ0n) is 11.6. The summed E-state index contributed by atoms with van der Waals surface area (Å²) in [6, 6.07) is 9.16. The maximum absolute atomic E-state index is 11.7. The van der Waals surface area contributed by atoms with Gasteiger partial charge in [0.2, 0.25) is 5.91 Å². The molecule has 106 valence electrons. The molecule has 1 fully saturated rings. The van der Waals surface area contributed by atoms with E-state index in [2.05, 4.69) is 16.3 Å². The number of hydrogen-bond acceptors (Lipinski definition) is 4. The van der Waals surface area contributed by atoms with Crippen LogP contribution in [-0.4, -0.2) is 43.6 Å². The number of nitriles is 1. The molecule has 5 heteroatoms. The fraction of sp³-hybridized carbons (Fsp3) is 0.467. The average molecular weight is 273 g/mol. The summed E-state index contributed by atoms with van der Waals surface area (Å²) in [6.45, 7) is 2.16. The van der Waals surface area contributed by atoms with Crippen molar-refractivity contribution in [2.45, 2.75) is 18.9 Å². The molecule has 20 heavy (non-hydrogen) atoms. The zero-order valence-corrected chi connectivity index (χ0v) is 11.6. The number of nitrogens with one attached hydrogen (secondary N) is 1. The Hall–Kier alpha value is -2.06. The predicted molar refractivity (Wildman–Crippen MR) is 75.3 cm³/mol. The highest BCUT2D eigenvalue weighted by molar-refractivity contribution is 5.81. The van der Waals surface area contributed by atoms with E-state index < -0.39 is 0 Å². The highest BCUT2D eigenvalue weighted by Gasteiger charge is 2.29. The van der Waals surface area contributed by atoms with Crippen LogP contribution in [0.2, 0.25) is 0 Å². The molecule has 2 rings (SSSR count). The second-order valence-corrected chi connectivity index (χ2v) is 4.80. The van der Waals surface area contributed by atoms with Gasteiger partial charge in [-0.05, 0) is 37.6 Å². The Morgan fingerprint density at radius 1 is 1.60 bits per heavy atom. The van der Waals surface area contributed by atoms with E-state index in [1.807, 2.05) is 6.07 Å². The van der Waals surface area contributed by atoms with Gasteiger partial charge in [0.25, 0.3) is 0 Å². The van der Waals surface area contributed by atoms with E-state index in [9.17, 15) is 4.79 Å². The Labute approximate surface area is 119 Å². The Balaban J connectivity index is 1.83. The monoisotopic (exact) mass is 273 g/mol. The van der Waals surface area contributed by atoms with Crippen LogP contribution in [0.15, 0.2) is 24.3 Å². The van der Waals surface area contributed by atoms with Crippen LogP contribution in [0.5, 0.6) is 5.75 Å². The number of carbonyl (C=O) groups is 1. The molecule has 1 amide bonds. The lowest BCUT2D eigenvalue weighted by atomic mass is 10.2. The number of benzene rings is 1. The first kappa shape index (κ1) is 14.4. The van der Waals surface area contributed by atoms with E-state index in [0.717, 1.165) is 25.9 Å². The summed E-state index contributed by atoms with van der Waals surface area (Å²) in [6.07, 6.45) is 1.95. The molecule has 0 radical (unpaired) electrons. The van der Waals surface area contributed by atoms with Crippen molar-refractivity contribution in [2.75, 3.05) is 26.7 Å². The molecule has 1 atom stereocenters. The third kappa shape index (κ3) is 3.49. The molecule has 1 N–H and O–H groups in total. The molecule has 1 aromatic rings. The van der Waals surface area contributed by atoms with Crippen LogP contribution >= 0.6 is 0 Å². The number of ether oxygens (including phenoxy) is 1. The number of nitrogens with zero attached hydrogens (tertiary/aromatic N) is 2. The second-order valence-electron chi connectivity index (χ2n) is 4.80. The minimum absolute atomic E-state index is 0.0333. The van der Waals surface area contributed by atoms with Crippen molar-refractivity contribution in [1.82, 2.24) is 10.2 Å². The summed E-state index contributed by atoms with van der Waals surface area (Å²) in [5.74, 6) is 0.772. The minimum Gasteiger partial charge on any atom is -0.492 e. The van der Waals surface area contributed by atoms with Crippen LogP contribution in [-0.2, 0) is 4.79 Å². The molecule has 1 saturated heterocycles. The number of rotatable bonds is 5. The molecule has 5 nitrogen and oxygen atoms in total. The van der Waals surface area contributed by atoms with E-state index in [0.29, 0.717) is 17.9 Å². The number of likely N-dealkylation sites (tertiary alicyclic amines) is 1. The van der Waals surface area contributed by atoms with E-state index in [4.69, 9.17) is 10.00 Å². The molecule has 1 aromatic carbocycles. The number of hydrogen-bond donors (Lipinski definition) is 1. The maximum atomic E-state index is 11.7. The van der Waals surface area contributed by atoms with Gasteiger partial charge < -0.3 is 10.1 Å². The third-order valence-corrected chi connectivity index (χ3v) is 3.52. The van der Waals surface area contributed by atoms with Gasteiger partial charge in [-0.3, -0.25) is 9.69 Å². The van der Waals surface area contributed by atoms with Gasteiger partial charge >= 0.3 is 0 Å². The summed E-state index contributed by atoms with van der Waals surface area (Å²) in [7, 11) is 1.67. The fourth-order valence-corrected chi connectivity index (χ4v) is 2.49. The Morgan fingerprint density at radius 2 is 2.45 bits per heavy atom. The lowest BCUT2D eigenvalue weighted by molar-refractivity contribution is -0.125. The summed E-state index contributed by atoms with van der Waals surface area (Å²) in [5.41, 5.74) is 0.590. The van der Waals surface area contributed by atoms with Crippen molar-refractivity contribution in [3.63, 3.8) is 0 Å². The normalized spacial score (nSPS) is 18.5. The zero-order chi connectivity index (χ0) is 14.4. The summed E-state index contributed by atoms with van der Waals surface area (Å²) >= 11 is 0. The van der Waals surface area contributed by atoms with Gasteiger partial charge in [0.1, 0.15) is 12.4 Å². The topological polar surface area (TPSA) is 65.4 Å². The van der Waals surface area contributed by atoms with Crippen LogP contribution in [0.3, 0.4) is 0 Å². The van der Waals surface area contributed by atoms with Crippen molar-refractivity contribution in [2.24, 2.45) is 0 Å². The van der Waals surface area contributed by atoms with Crippen molar-refractivity contribution < 1.29 is 9.53 Å². The molecule has 1 heterocycles. The molecule has 0 aromatic heterocycles. The minimum atomic E-state index is -0.0333. The number of carbonyl (C=O) groups excluding carboxylic acids is 1. The Kier molecular flexibility index (Phi) is 4.97. The van der Waals surface area contributed by atoms with Crippen LogP contribution in [0.1, 0.15) is 18.4 Å². The lowest BCUT2D eigenvalue weighted by Gasteiger charge is -2.22. The SMILES string of the molecule is CNC(=O)C1CCCN1CCOc1cccc(C#N)c1. The van der Waals surface area contributed by atoms with Crippen molar-refractivity contribution in [1.29, 1.82) is 5.26 Å². The quantitative estimate of drug-likeness (QED) is 0.874. The largest absolute Gasteiger partial charge is 0.492 e. The van der Waals surface area contributed by atoms with Gasteiger partial charge in [-0.25, -0.2) is 0 Å². The first-order valence-electron chi connectivity index (χ1n) is 6.83. The molecule has 0 saturated carbocycles. The van der Waals surface area contributed by atoms with Crippen molar-refractivity contribution >= 4 is 5.91 Å².